The lowest BCUT2D eigenvalue weighted by Gasteiger charge is -2.15. The number of hydrogen-bond donors (Lipinski definition) is 2. The summed E-state index contributed by atoms with van der Waals surface area (Å²) in [4.78, 5) is 24.0. The highest BCUT2D eigenvalue weighted by Gasteiger charge is 2.26. The molecule has 3 N–H and O–H groups in total. The number of H-pyrrole nitrogens is 1. The second-order valence-corrected chi connectivity index (χ2v) is 6.90. The minimum atomic E-state index is -0.503. The highest BCUT2D eigenvalue weighted by molar-refractivity contribution is 6.10. The minimum absolute atomic E-state index is 0.0247. The number of imidazole rings is 1. The summed E-state index contributed by atoms with van der Waals surface area (Å²) in [6.45, 7) is 9.62. The number of pyridine rings is 1. The number of nitrogens with zero attached hydrogens (tertiary/aromatic N) is 3. The van der Waals surface area contributed by atoms with Gasteiger partial charge in [-0.25, -0.2) is 9.98 Å². The number of carbonyl (C=O) groups is 1. The zero-order valence-corrected chi connectivity index (χ0v) is 14.6. The zero-order chi connectivity index (χ0) is 18.2. The van der Waals surface area contributed by atoms with Gasteiger partial charge in [0.2, 0.25) is 0 Å². The van der Waals surface area contributed by atoms with Crippen LogP contribution in [0.4, 0.5) is 11.5 Å². The van der Waals surface area contributed by atoms with Crippen molar-refractivity contribution in [3.8, 4) is 0 Å². The van der Waals surface area contributed by atoms with Gasteiger partial charge in [-0.3, -0.25) is 9.20 Å². The first-order valence-electron chi connectivity index (χ1n) is 7.96. The van der Waals surface area contributed by atoms with E-state index in [1.165, 1.54) is 0 Å². The van der Waals surface area contributed by atoms with Gasteiger partial charge in [-0.05, 0) is 12.1 Å². The van der Waals surface area contributed by atoms with Crippen LogP contribution in [0, 0.1) is 5.41 Å². The third-order valence-corrected chi connectivity index (χ3v) is 3.92. The number of anilines is 1. The Morgan fingerprint density at radius 2 is 2.16 bits per heavy atom. The van der Waals surface area contributed by atoms with Crippen LogP contribution in [0.15, 0.2) is 48.4 Å². The van der Waals surface area contributed by atoms with Gasteiger partial charge in [0.1, 0.15) is 5.65 Å². The fraction of sp³-hybridized carbons (Fsp3) is 0.211. The number of nitrogens with two attached hydrogens (primary N) is 1. The van der Waals surface area contributed by atoms with E-state index in [1.54, 1.807) is 18.6 Å². The molecule has 0 saturated carbocycles. The molecule has 3 aromatic heterocycles. The number of hydrogen-bond acceptors (Lipinski definition) is 4. The van der Waals surface area contributed by atoms with Crippen LogP contribution in [0.25, 0.3) is 11.2 Å². The second kappa shape index (κ2) is 6.05. The summed E-state index contributed by atoms with van der Waals surface area (Å²) in [5.74, 6) is 0.422. The summed E-state index contributed by atoms with van der Waals surface area (Å²) in [7, 11) is 0. The summed E-state index contributed by atoms with van der Waals surface area (Å²) in [5.41, 5.74) is 8.76. The summed E-state index contributed by atoms with van der Waals surface area (Å²) in [6.07, 6.45) is 6.88. The van der Waals surface area contributed by atoms with Gasteiger partial charge in [-0.15, -0.1) is 0 Å². The number of ketones is 1. The molecule has 0 spiro atoms. The van der Waals surface area contributed by atoms with Gasteiger partial charge >= 0.3 is 0 Å². The molecule has 0 aliphatic heterocycles. The van der Waals surface area contributed by atoms with Gasteiger partial charge in [0.15, 0.2) is 11.6 Å². The van der Waals surface area contributed by atoms with Crippen LogP contribution in [0.5, 0.6) is 0 Å². The molecule has 0 aliphatic rings. The van der Waals surface area contributed by atoms with Gasteiger partial charge in [-0.2, -0.15) is 0 Å². The van der Waals surface area contributed by atoms with Crippen LogP contribution >= 0.6 is 0 Å². The standard InChI is InChI=1S/C19H21N5O/c1-12(14-11-21-15-7-5-6-8-24(14)15)9-22-18-16(20)13(10-23-18)17(25)19(2,3)4/h5-11,23H,1,20H2,2-4H3/b22-9-. The molecule has 0 unspecified atom stereocenters. The van der Waals surface area contributed by atoms with Crippen LogP contribution in [0.3, 0.4) is 0 Å². The molecule has 0 radical (unpaired) electrons. The average Bonchev–Trinajstić information content (AvgIpc) is 3.15. The average molecular weight is 335 g/mol. The fourth-order valence-corrected chi connectivity index (χ4v) is 2.50. The maximum atomic E-state index is 12.4. The van der Waals surface area contributed by atoms with Crippen molar-refractivity contribution in [2.24, 2.45) is 10.4 Å². The predicted molar refractivity (Wildman–Crippen MR) is 101 cm³/mol. The van der Waals surface area contributed by atoms with Gasteiger partial charge < -0.3 is 10.7 Å². The number of nitrogens with one attached hydrogen (secondary N) is 1. The molecule has 0 fully saturated rings. The fourth-order valence-electron chi connectivity index (χ4n) is 2.50. The number of aromatic nitrogens is 3. The molecule has 0 aliphatic carbocycles. The molecule has 128 valence electrons. The molecule has 3 aromatic rings. The van der Waals surface area contributed by atoms with Crippen molar-refractivity contribution in [3.05, 3.63) is 54.6 Å². The zero-order valence-electron chi connectivity index (χ0n) is 14.6. The highest BCUT2D eigenvalue weighted by atomic mass is 16.1. The molecule has 3 rings (SSSR count). The molecule has 0 amide bonds. The lowest BCUT2D eigenvalue weighted by molar-refractivity contribution is 0.0859. The van der Waals surface area contributed by atoms with Crippen molar-refractivity contribution < 1.29 is 4.79 Å². The summed E-state index contributed by atoms with van der Waals surface area (Å²) < 4.78 is 1.93. The van der Waals surface area contributed by atoms with Crippen molar-refractivity contribution in [1.29, 1.82) is 0 Å². The van der Waals surface area contributed by atoms with Crippen LogP contribution in [-0.2, 0) is 0 Å². The first-order chi connectivity index (χ1) is 11.8. The van der Waals surface area contributed by atoms with E-state index in [9.17, 15) is 4.79 Å². The number of Topliss-reactive ketones (excluding diaryl/α,β-unsaturated/α-hetero) is 1. The van der Waals surface area contributed by atoms with Gasteiger partial charge in [0.25, 0.3) is 0 Å². The number of carbonyl (C=O) groups excluding carboxylic acids is 1. The molecule has 3 heterocycles. The Morgan fingerprint density at radius 3 is 2.88 bits per heavy atom. The lowest BCUT2D eigenvalue weighted by Crippen LogP contribution is -2.20. The molecule has 0 bridgehead atoms. The molecule has 6 nitrogen and oxygen atoms in total. The quantitative estimate of drug-likeness (QED) is 0.560. The molecule has 6 heteroatoms. The van der Waals surface area contributed by atoms with E-state index in [0.717, 1.165) is 11.3 Å². The van der Waals surface area contributed by atoms with Gasteiger partial charge in [0, 0.05) is 29.6 Å². The molecule has 0 saturated heterocycles. The topological polar surface area (TPSA) is 88.5 Å². The molecule has 0 aromatic carbocycles. The van der Waals surface area contributed by atoms with Crippen LogP contribution in [-0.4, -0.2) is 26.4 Å². The van der Waals surface area contributed by atoms with Crippen molar-refractivity contribution in [2.45, 2.75) is 20.8 Å². The van der Waals surface area contributed by atoms with Crippen LogP contribution in [0.1, 0.15) is 36.8 Å². The maximum absolute atomic E-state index is 12.4. The van der Waals surface area contributed by atoms with Gasteiger partial charge in [-0.1, -0.05) is 33.4 Å². The second-order valence-electron chi connectivity index (χ2n) is 6.90. The normalized spacial score (nSPS) is 12.1. The highest BCUT2D eigenvalue weighted by Crippen LogP contribution is 2.30. The minimum Gasteiger partial charge on any atom is -0.395 e. The smallest absolute Gasteiger partial charge is 0.171 e. The Labute approximate surface area is 146 Å². The molecule has 0 atom stereocenters. The monoisotopic (exact) mass is 335 g/mol. The number of aliphatic imine (C=N–C) groups is 1. The summed E-state index contributed by atoms with van der Waals surface area (Å²) in [5, 5.41) is 0. The molecule has 25 heavy (non-hydrogen) atoms. The van der Waals surface area contributed by atoms with E-state index in [0.29, 0.717) is 22.6 Å². The van der Waals surface area contributed by atoms with E-state index in [1.807, 2.05) is 49.6 Å². The van der Waals surface area contributed by atoms with Crippen molar-refractivity contribution in [1.82, 2.24) is 14.4 Å². The number of nitrogen functional groups attached to an aromatic ring is 1. The third kappa shape index (κ3) is 3.10. The number of fused-ring (bicyclic) bond motifs is 1. The Kier molecular flexibility index (Phi) is 4.04. The van der Waals surface area contributed by atoms with Crippen LogP contribution < -0.4 is 5.73 Å². The Bertz CT molecular complexity index is 985. The van der Waals surface area contributed by atoms with E-state index < -0.39 is 5.41 Å². The van der Waals surface area contributed by atoms with Crippen molar-refractivity contribution >= 4 is 34.7 Å². The summed E-state index contributed by atoms with van der Waals surface area (Å²) >= 11 is 0. The summed E-state index contributed by atoms with van der Waals surface area (Å²) in [6, 6.07) is 5.77. The molecular weight excluding hydrogens is 314 g/mol. The predicted octanol–water partition coefficient (Wildman–Crippen LogP) is 3.89. The lowest BCUT2D eigenvalue weighted by atomic mass is 9.87. The van der Waals surface area contributed by atoms with E-state index in [4.69, 9.17) is 5.73 Å². The van der Waals surface area contributed by atoms with Gasteiger partial charge in [0.05, 0.1) is 23.1 Å². The third-order valence-electron chi connectivity index (χ3n) is 3.92. The van der Waals surface area contributed by atoms with Crippen LogP contribution in [0.2, 0.25) is 0 Å². The molecular formula is C19H21N5O. The van der Waals surface area contributed by atoms with Crippen molar-refractivity contribution in [3.63, 3.8) is 0 Å². The Hall–Kier alpha value is -3.15. The number of rotatable bonds is 4. The first-order valence-corrected chi connectivity index (χ1v) is 7.96. The first kappa shape index (κ1) is 16.7. The Balaban J connectivity index is 1.86. The van der Waals surface area contributed by atoms with E-state index >= 15 is 0 Å². The van der Waals surface area contributed by atoms with Crippen molar-refractivity contribution in [2.75, 3.05) is 5.73 Å². The van der Waals surface area contributed by atoms with E-state index in [2.05, 4.69) is 21.5 Å². The maximum Gasteiger partial charge on any atom is 0.171 e. The van der Waals surface area contributed by atoms with E-state index in [-0.39, 0.29) is 5.78 Å². The SMILES string of the molecule is C=C(/C=N\c1[nH]cc(C(=O)C(C)(C)C)c1N)c1cnc2ccccn12. The Morgan fingerprint density at radius 1 is 1.40 bits per heavy atom. The number of allylic oxidation sites excluding steroid dienone is 1. The largest absolute Gasteiger partial charge is 0.395 e. The number of aromatic amines is 1.